The molecule has 17 heteroatoms. The number of aliphatic hydroxyl groups excluding tert-OH is 1. The number of anilines is 1. The zero-order valence-corrected chi connectivity index (χ0v) is 23.3. The van der Waals surface area contributed by atoms with Crippen LogP contribution in [0.15, 0.2) is 34.3 Å². The fraction of sp³-hybridized carbons (Fsp3) is 0.435. The molecule has 2 atom stereocenters. The number of thioether (sulfide) groups is 1. The van der Waals surface area contributed by atoms with Gasteiger partial charge >= 0.3 is 0 Å². The number of imidazole rings is 1. The Morgan fingerprint density at radius 3 is 2.85 bits per heavy atom. The van der Waals surface area contributed by atoms with Crippen molar-refractivity contribution in [2.45, 2.75) is 56.4 Å². The summed E-state index contributed by atoms with van der Waals surface area (Å²) in [5.74, 6) is -2.46. The number of nitrogen functional groups attached to an aromatic ring is 1. The number of hydrogen-bond donors (Lipinski definition) is 3. The number of oxime groups is 1. The highest BCUT2D eigenvalue weighted by Gasteiger charge is 2.53. The van der Waals surface area contributed by atoms with Crippen molar-refractivity contribution >= 4 is 68.1 Å². The maximum absolute atomic E-state index is 13.2. The number of hydrogen-bond acceptors (Lipinski definition) is 13. The number of carbonyl (C=O) groups excluding carboxylic acids is 3. The maximum atomic E-state index is 13.2. The molecular weight excluding hydrogens is 581 g/mol. The Morgan fingerprint density at radius 2 is 2.15 bits per heavy atom. The monoisotopic (exact) mass is 604 g/mol. The predicted molar refractivity (Wildman–Crippen MR) is 143 cm³/mol. The summed E-state index contributed by atoms with van der Waals surface area (Å²) in [7, 11) is 0. The van der Waals surface area contributed by atoms with Gasteiger partial charge in [-0.15, -0.1) is 11.8 Å². The quantitative estimate of drug-likeness (QED) is 0.118. The first-order valence-electron chi connectivity index (χ1n) is 12.4. The van der Waals surface area contributed by atoms with E-state index in [2.05, 4.69) is 19.8 Å². The Kier molecular flexibility index (Phi) is 7.20. The van der Waals surface area contributed by atoms with E-state index < -0.39 is 29.2 Å². The van der Waals surface area contributed by atoms with Crippen LogP contribution in [-0.4, -0.2) is 70.5 Å². The minimum atomic E-state index is -1.47. The number of nitrogens with two attached hydrogens (primary N) is 1. The SMILES string of the molecule is Nc1nc(/C(=N/OC2CCCC2)C(=O)N[C@@H]2C(=O)N3C(C(=O)[O-])=C(C[n+]4cc5scc(CO)n5c4)CS[C@H]23)ns1. The number of nitrogens with one attached hydrogen (secondary N) is 1. The Labute approximate surface area is 239 Å². The van der Waals surface area contributed by atoms with E-state index in [0.29, 0.717) is 11.3 Å². The average Bonchev–Trinajstić information content (AvgIpc) is 3.73. The number of rotatable bonds is 9. The van der Waals surface area contributed by atoms with Crippen molar-refractivity contribution in [1.29, 1.82) is 0 Å². The van der Waals surface area contributed by atoms with Crippen molar-refractivity contribution < 1.29 is 34.0 Å². The first-order valence-corrected chi connectivity index (χ1v) is 15.1. The molecule has 1 saturated heterocycles. The molecule has 1 aliphatic carbocycles. The van der Waals surface area contributed by atoms with E-state index in [9.17, 15) is 24.6 Å². The number of amides is 2. The largest absolute Gasteiger partial charge is 0.543 e. The Bertz CT molecular complexity index is 1550. The molecule has 0 spiro atoms. The first-order chi connectivity index (χ1) is 19.3. The van der Waals surface area contributed by atoms with E-state index in [1.807, 2.05) is 16.0 Å². The van der Waals surface area contributed by atoms with Crippen LogP contribution in [0.4, 0.5) is 5.13 Å². The highest BCUT2D eigenvalue weighted by Crippen LogP contribution is 2.40. The molecule has 2 fully saturated rings. The van der Waals surface area contributed by atoms with Gasteiger partial charge in [0.2, 0.25) is 22.7 Å². The Morgan fingerprint density at radius 1 is 1.35 bits per heavy atom. The fourth-order valence-electron chi connectivity index (χ4n) is 4.99. The number of aromatic nitrogens is 4. The van der Waals surface area contributed by atoms with E-state index in [4.69, 9.17) is 10.6 Å². The number of aliphatic carboxylic acids is 1. The van der Waals surface area contributed by atoms with Gasteiger partial charge in [0.05, 0.1) is 11.7 Å². The summed E-state index contributed by atoms with van der Waals surface area (Å²) in [6.07, 6.45) is 7.16. The number of nitrogens with zero attached hydrogens (tertiary/aromatic N) is 6. The normalized spacial score (nSPS) is 21.6. The van der Waals surface area contributed by atoms with Gasteiger partial charge in [0.1, 0.15) is 42.6 Å². The van der Waals surface area contributed by atoms with Gasteiger partial charge in [-0.2, -0.15) is 13.8 Å². The number of β-lactam (4-membered cyclic amide) rings is 1. The molecule has 0 aromatic carbocycles. The third-order valence-electron chi connectivity index (χ3n) is 6.93. The molecule has 210 valence electrons. The summed E-state index contributed by atoms with van der Waals surface area (Å²) in [5.41, 5.74) is 6.52. The van der Waals surface area contributed by atoms with Gasteiger partial charge in [0, 0.05) is 28.2 Å². The second-order valence-corrected chi connectivity index (χ2v) is 12.3. The second-order valence-electron chi connectivity index (χ2n) is 9.52. The lowest BCUT2D eigenvalue weighted by atomic mass is 10.0. The molecule has 2 amide bonds. The molecule has 6 rings (SSSR count). The van der Waals surface area contributed by atoms with E-state index in [0.717, 1.165) is 52.6 Å². The van der Waals surface area contributed by atoms with Crippen molar-refractivity contribution in [2.75, 3.05) is 11.5 Å². The van der Waals surface area contributed by atoms with Crippen LogP contribution in [-0.2, 0) is 32.4 Å². The lowest BCUT2D eigenvalue weighted by Crippen LogP contribution is -2.71. The highest BCUT2D eigenvalue weighted by atomic mass is 32.2. The molecule has 3 aliphatic rings. The number of carboxylic acid groups (broad SMARTS) is 1. The van der Waals surface area contributed by atoms with Gasteiger partial charge in [-0.25, -0.2) is 4.57 Å². The van der Waals surface area contributed by atoms with Gasteiger partial charge in [-0.05, 0) is 25.7 Å². The van der Waals surface area contributed by atoms with E-state index in [1.54, 1.807) is 10.9 Å². The van der Waals surface area contributed by atoms with Crippen molar-refractivity contribution in [1.82, 2.24) is 24.0 Å². The molecule has 3 aromatic heterocycles. The van der Waals surface area contributed by atoms with Crippen molar-refractivity contribution in [2.24, 2.45) is 5.16 Å². The fourth-order valence-corrected chi connectivity index (χ4v) is 7.68. The lowest BCUT2D eigenvalue weighted by Gasteiger charge is -2.50. The summed E-state index contributed by atoms with van der Waals surface area (Å²) < 4.78 is 7.69. The number of carbonyl (C=O) groups is 3. The van der Waals surface area contributed by atoms with Crippen LogP contribution in [0, 0.1) is 0 Å². The minimum absolute atomic E-state index is 0.00983. The molecule has 4 N–H and O–H groups in total. The molecule has 3 aromatic rings. The van der Waals surface area contributed by atoms with E-state index >= 15 is 0 Å². The predicted octanol–water partition coefficient (Wildman–Crippen LogP) is -1.02. The van der Waals surface area contributed by atoms with Crippen LogP contribution in [0.25, 0.3) is 4.83 Å². The smallest absolute Gasteiger partial charge is 0.278 e. The maximum Gasteiger partial charge on any atom is 0.278 e. The van der Waals surface area contributed by atoms with Gasteiger partial charge in [-0.3, -0.25) is 14.5 Å². The van der Waals surface area contributed by atoms with Crippen LogP contribution >= 0.6 is 34.6 Å². The van der Waals surface area contributed by atoms with Crippen LogP contribution < -0.4 is 20.7 Å². The minimum Gasteiger partial charge on any atom is -0.543 e. The molecule has 0 radical (unpaired) electrons. The zero-order valence-electron chi connectivity index (χ0n) is 20.9. The summed E-state index contributed by atoms with van der Waals surface area (Å²) in [6, 6.07) is -0.986. The van der Waals surface area contributed by atoms with Gasteiger partial charge in [0.25, 0.3) is 11.8 Å². The second kappa shape index (κ2) is 10.8. The molecule has 0 unspecified atom stereocenters. The molecule has 40 heavy (non-hydrogen) atoms. The number of carboxylic acids is 1. The lowest BCUT2D eigenvalue weighted by molar-refractivity contribution is -0.687. The van der Waals surface area contributed by atoms with Gasteiger partial charge < -0.3 is 30.9 Å². The van der Waals surface area contributed by atoms with E-state index in [-0.39, 0.29) is 41.6 Å². The van der Waals surface area contributed by atoms with Crippen LogP contribution in [0.2, 0.25) is 0 Å². The van der Waals surface area contributed by atoms with E-state index in [1.165, 1.54) is 23.1 Å². The average molecular weight is 605 g/mol. The molecule has 14 nitrogen and oxygen atoms in total. The van der Waals surface area contributed by atoms with Crippen LogP contribution in [0.1, 0.15) is 37.2 Å². The summed E-state index contributed by atoms with van der Waals surface area (Å²) in [5, 5.41) is 29.7. The molecular formula is C23H24N8O6S3. The van der Waals surface area contributed by atoms with Gasteiger partial charge in [0.15, 0.2) is 5.13 Å². The molecule has 2 aliphatic heterocycles. The van der Waals surface area contributed by atoms with Gasteiger partial charge in [-0.1, -0.05) is 16.5 Å². The Balaban J connectivity index is 1.20. The third kappa shape index (κ3) is 4.82. The van der Waals surface area contributed by atoms with Crippen molar-refractivity contribution in [3.8, 4) is 0 Å². The van der Waals surface area contributed by atoms with Crippen molar-refractivity contribution in [3.63, 3.8) is 0 Å². The standard InChI is InChI=1S/C23H24N8O6S3/c24-23-26-18(28-40-23)15(27-37-13-3-1-2-4-13)19(33)25-16-20(34)31-17(22(35)36)11(8-39-21(16)31)5-29-6-14-30(10-29)12(7-32)9-38-14/h6,9-10,13,16,21,32H,1-5,7-8H2,(H3-,24,25,26,28,33,35,36)/b27-15-/t16-,21-/m1/s1. The number of fused-ring (bicyclic) bond motifs is 2. The zero-order chi connectivity index (χ0) is 28.0. The summed E-state index contributed by atoms with van der Waals surface area (Å²) in [4.78, 5) is 50.2. The first kappa shape index (κ1) is 26.7. The summed E-state index contributed by atoms with van der Waals surface area (Å²) >= 11 is 3.70. The Hall–Kier alpha value is -3.54. The number of aliphatic hydroxyl groups is 1. The topological polar surface area (TPSA) is 191 Å². The summed E-state index contributed by atoms with van der Waals surface area (Å²) in [6.45, 7) is 0.0922. The van der Waals surface area contributed by atoms with Crippen molar-refractivity contribution in [3.05, 3.63) is 40.7 Å². The number of thiazole rings is 1. The molecule has 5 heterocycles. The molecule has 0 bridgehead atoms. The molecule has 1 saturated carbocycles. The van der Waals surface area contributed by atoms with Crippen LogP contribution in [0.3, 0.4) is 0 Å². The highest BCUT2D eigenvalue weighted by molar-refractivity contribution is 8.00. The third-order valence-corrected chi connectivity index (χ3v) is 9.74. The van der Waals surface area contributed by atoms with Crippen LogP contribution in [0.5, 0.6) is 0 Å².